The number of hydrogen-bond donors (Lipinski definition) is 1. The molecule has 8 nitrogen and oxygen atoms in total. The first-order valence-corrected chi connectivity index (χ1v) is 12.5. The van der Waals surface area contributed by atoms with Crippen LogP contribution in [0.1, 0.15) is 31.7 Å². The van der Waals surface area contributed by atoms with Crippen LogP contribution in [0.3, 0.4) is 0 Å². The van der Waals surface area contributed by atoms with E-state index in [0.717, 1.165) is 6.92 Å². The molecular formula is C24H26ClF3N2O6S. The lowest BCUT2D eigenvalue weighted by Gasteiger charge is -2.31. The molecule has 2 rings (SSSR count). The molecule has 37 heavy (non-hydrogen) atoms. The Balaban J connectivity index is 2.31. The number of allylic oxidation sites excluding steroid dienone is 1. The van der Waals surface area contributed by atoms with E-state index in [1.165, 1.54) is 26.0 Å². The van der Waals surface area contributed by atoms with Crippen LogP contribution in [-0.4, -0.2) is 67.1 Å². The molecule has 0 saturated carbocycles. The van der Waals surface area contributed by atoms with Crippen molar-refractivity contribution in [2.24, 2.45) is 0 Å². The van der Waals surface area contributed by atoms with Gasteiger partial charge in [-0.2, -0.15) is 24.9 Å². The predicted octanol–water partition coefficient (Wildman–Crippen LogP) is 3.96. The molecule has 0 fully saturated rings. The topological polar surface area (TPSA) is 102 Å². The van der Waals surface area contributed by atoms with Gasteiger partial charge in [0.25, 0.3) is 0 Å². The van der Waals surface area contributed by atoms with Crippen LogP contribution >= 0.6 is 23.4 Å². The van der Waals surface area contributed by atoms with Crippen molar-refractivity contribution < 1.29 is 41.8 Å². The summed E-state index contributed by atoms with van der Waals surface area (Å²) in [5.74, 6) is -5.04. The van der Waals surface area contributed by atoms with Crippen molar-refractivity contribution in [1.29, 1.82) is 0 Å². The summed E-state index contributed by atoms with van der Waals surface area (Å²) < 4.78 is 48.1. The molecule has 1 N–H and O–H groups in total. The van der Waals surface area contributed by atoms with Crippen LogP contribution in [-0.2, 0) is 28.7 Å². The maximum atomic E-state index is 12.9. The van der Waals surface area contributed by atoms with Gasteiger partial charge in [-0.15, -0.1) is 0 Å². The summed E-state index contributed by atoms with van der Waals surface area (Å²) in [4.78, 5) is 48.8. The number of carbonyl (C=O) groups excluding carboxylic acids is 4. The van der Waals surface area contributed by atoms with Crippen LogP contribution in [0.25, 0.3) is 0 Å². The second-order valence-electron chi connectivity index (χ2n) is 7.87. The molecule has 2 amide bonds. The van der Waals surface area contributed by atoms with E-state index in [0.29, 0.717) is 22.0 Å². The Morgan fingerprint density at radius 2 is 1.68 bits per heavy atom. The van der Waals surface area contributed by atoms with Crippen LogP contribution in [0.15, 0.2) is 46.8 Å². The Morgan fingerprint density at radius 3 is 2.22 bits per heavy atom. The number of methoxy groups -OCH3 is 2. The van der Waals surface area contributed by atoms with Gasteiger partial charge in [0.1, 0.15) is 0 Å². The predicted molar refractivity (Wildman–Crippen MR) is 131 cm³/mol. The Morgan fingerprint density at radius 1 is 1.08 bits per heavy atom. The zero-order chi connectivity index (χ0) is 27.9. The third kappa shape index (κ3) is 7.29. The number of carbonyl (C=O) groups is 4. The van der Waals surface area contributed by atoms with Gasteiger partial charge in [-0.25, -0.2) is 9.59 Å². The van der Waals surface area contributed by atoms with Crippen LogP contribution in [0.2, 0.25) is 5.02 Å². The van der Waals surface area contributed by atoms with Gasteiger partial charge >= 0.3 is 24.0 Å². The number of dihydropyridines is 1. The summed E-state index contributed by atoms with van der Waals surface area (Å²) in [6.45, 7) is 2.12. The standard InChI is InChI=1S/C24H26ClF3N2O6S/c1-13-18(21(32)35-3)19(15-8-5-6-9-16(15)25)20(22(33)36-4)17(29-13)12-37-11-7-10-30(14(2)31)23(34)24(26,27)28/h5-6,8-9,19,29H,7,10-12H2,1-4H3. The minimum atomic E-state index is -5.15. The smallest absolute Gasteiger partial charge is 0.466 e. The SMILES string of the molecule is COC(=O)C1=C(C)NC(CSCCCN(C(C)=O)C(=O)C(F)(F)F)=C(C(=O)OC)C1c1ccccc1Cl. The summed E-state index contributed by atoms with van der Waals surface area (Å²) in [5, 5.41) is 3.36. The number of nitrogens with one attached hydrogen (secondary N) is 1. The van der Waals surface area contributed by atoms with Crippen molar-refractivity contribution in [1.82, 2.24) is 10.2 Å². The van der Waals surface area contributed by atoms with Crippen molar-refractivity contribution in [2.45, 2.75) is 32.4 Å². The molecule has 0 saturated heterocycles. The number of halogens is 4. The molecule has 1 aliphatic rings. The van der Waals surface area contributed by atoms with Gasteiger partial charge in [-0.05, 0) is 30.7 Å². The number of esters is 2. The van der Waals surface area contributed by atoms with Gasteiger partial charge in [0.05, 0.1) is 31.3 Å². The Kier molecular flexibility index (Phi) is 10.6. The Labute approximate surface area is 221 Å². The first kappa shape index (κ1) is 30.2. The molecule has 0 aliphatic carbocycles. The fraction of sp³-hybridized carbons (Fsp3) is 0.417. The van der Waals surface area contributed by atoms with Gasteiger partial charge < -0.3 is 14.8 Å². The van der Waals surface area contributed by atoms with Crippen LogP contribution in [0.4, 0.5) is 13.2 Å². The molecule has 202 valence electrons. The summed E-state index contributed by atoms with van der Waals surface area (Å²) >= 11 is 7.68. The van der Waals surface area contributed by atoms with Crippen LogP contribution in [0.5, 0.6) is 0 Å². The number of ether oxygens (including phenoxy) is 2. The van der Waals surface area contributed by atoms with E-state index in [9.17, 15) is 32.3 Å². The maximum absolute atomic E-state index is 12.9. The molecule has 0 spiro atoms. The Bertz CT molecular complexity index is 1140. The van der Waals surface area contributed by atoms with Crippen LogP contribution < -0.4 is 5.32 Å². The largest absolute Gasteiger partial charge is 0.471 e. The van der Waals surface area contributed by atoms with Crippen molar-refractivity contribution in [3.63, 3.8) is 0 Å². The summed E-state index contributed by atoms with van der Waals surface area (Å²) in [6, 6.07) is 6.71. The fourth-order valence-electron chi connectivity index (χ4n) is 3.82. The quantitative estimate of drug-likeness (QED) is 0.356. The van der Waals surface area contributed by atoms with E-state index in [1.54, 1.807) is 31.2 Å². The minimum Gasteiger partial charge on any atom is -0.466 e. The number of alkyl halides is 3. The van der Waals surface area contributed by atoms with Gasteiger partial charge in [0.2, 0.25) is 5.91 Å². The molecule has 1 aromatic carbocycles. The van der Waals surface area contributed by atoms with E-state index in [-0.39, 0.29) is 34.0 Å². The lowest BCUT2D eigenvalue weighted by Crippen LogP contribution is -2.44. The molecule has 0 radical (unpaired) electrons. The van der Waals surface area contributed by atoms with Gasteiger partial charge in [-0.3, -0.25) is 14.5 Å². The lowest BCUT2D eigenvalue weighted by atomic mass is 9.80. The normalized spacial score (nSPS) is 15.7. The van der Waals surface area contributed by atoms with E-state index < -0.39 is 42.4 Å². The highest BCUT2D eigenvalue weighted by molar-refractivity contribution is 7.99. The molecule has 1 unspecified atom stereocenters. The average molecular weight is 563 g/mol. The zero-order valence-electron chi connectivity index (χ0n) is 20.5. The van der Waals surface area contributed by atoms with Crippen molar-refractivity contribution in [3.8, 4) is 0 Å². The Hall–Kier alpha value is -2.99. The molecule has 1 atom stereocenters. The average Bonchev–Trinajstić information content (AvgIpc) is 2.84. The second-order valence-corrected chi connectivity index (χ2v) is 9.39. The number of benzene rings is 1. The van der Waals surface area contributed by atoms with Gasteiger partial charge in [0.15, 0.2) is 0 Å². The zero-order valence-corrected chi connectivity index (χ0v) is 22.1. The number of nitrogens with zero attached hydrogens (tertiary/aromatic N) is 1. The molecule has 1 aliphatic heterocycles. The van der Waals surface area contributed by atoms with E-state index in [1.807, 2.05) is 0 Å². The highest BCUT2D eigenvalue weighted by Gasteiger charge is 2.44. The molecule has 1 aromatic rings. The number of imide groups is 1. The highest BCUT2D eigenvalue weighted by atomic mass is 35.5. The molecule has 1 heterocycles. The summed E-state index contributed by atoms with van der Waals surface area (Å²) in [5.41, 5.74) is 1.63. The van der Waals surface area contributed by atoms with E-state index in [4.69, 9.17) is 21.1 Å². The van der Waals surface area contributed by atoms with E-state index in [2.05, 4.69) is 5.32 Å². The molecule has 0 bridgehead atoms. The minimum absolute atomic E-state index is 0.0864. The fourth-order valence-corrected chi connectivity index (χ4v) is 4.97. The van der Waals surface area contributed by atoms with Crippen LogP contribution in [0, 0.1) is 0 Å². The summed E-state index contributed by atoms with van der Waals surface area (Å²) in [7, 11) is 2.41. The van der Waals surface area contributed by atoms with E-state index >= 15 is 0 Å². The third-order valence-corrected chi connectivity index (χ3v) is 6.87. The second kappa shape index (κ2) is 13.0. The van der Waals surface area contributed by atoms with Crippen molar-refractivity contribution in [3.05, 3.63) is 57.4 Å². The number of rotatable bonds is 9. The van der Waals surface area contributed by atoms with Gasteiger partial charge in [0, 0.05) is 35.6 Å². The highest BCUT2D eigenvalue weighted by Crippen LogP contribution is 2.42. The molecular weight excluding hydrogens is 537 g/mol. The van der Waals surface area contributed by atoms with Crippen molar-refractivity contribution in [2.75, 3.05) is 32.3 Å². The van der Waals surface area contributed by atoms with Gasteiger partial charge in [-0.1, -0.05) is 29.8 Å². The third-order valence-electron chi connectivity index (χ3n) is 5.46. The first-order chi connectivity index (χ1) is 17.3. The number of amides is 2. The number of thioether (sulfide) groups is 1. The van der Waals surface area contributed by atoms with Crippen molar-refractivity contribution >= 4 is 47.1 Å². The lowest BCUT2D eigenvalue weighted by molar-refractivity contribution is -0.187. The maximum Gasteiger partial charge on any atom is 0.471 e. The number of hydrogen-bond acceptors (Lipinski definition) is 8. The molecule has 0 aromatic heterocycles. The summed E-state index contributed by atoms with van der Waals surface area (Å²) in [6.07, 6.45) is -5.07. The first-order valence-electron chi connectivity index (χ1n) is 10.9. The monoisotopic (exact) mass is 562 g/mol. The molecule has 13 heteroatoms.